The molecule has 0 radical (unpaired) electrons. The molecule has 2 aliphatic heterocycles. The summed E-state index contributed by atoms with van der Waals surface area (Å²) in [5.41, 5.74) is 8.45. The van der Waals surface area contributed by atoms with Crippen LogP contribution in [0.15, 0.2) is 48.5 Å². The Kier molecular flexibility index (Phi) is 4.94. The van der Waals surface area contributed by atoms with Gasteiger partial charge in [-0.15, -0.1) is 0 Å². The third-order valence-corrected chi connectivity index (χ3v) is 5.75. The Labute approximate surface area is 159 Å². The first-order chi connectivity index (χ1) is 13.1. The van der Waals surface area contributed by atoms with Crippen LogP contribution in [0.25, 0.3) is 0 Å². The minimum Gasteiger partial charge on any atom is -0.398 e. The smallest absolute Gasteiger partial charge is 0.263 e. The predicted octanol–water partition coefficient (Wildman–Crippen LogP) is 3.17. The van der Waals surface area contributed by atoms with Crippen LogP contribution in [0.5, 0.6) is 0 Å². The van der Waals surface area contributed by atoms with E-state index in [9.17, 15) is 9.59 Å². The van der Waals surface area contributed by atoms with Gasteiger partial charge in [0.25, 0.3) is 11.8 Å². The second-order valence-corrected chi connectivity index (χ2v) is 7.53. The number of amides is 2. The van der Waals surface area contributed by atoms with Crippen LogP contribution in [0, 0.1) is 5.92 Å². The van der Waals surface area contributed by atoms with E-state index in [4.69, 9.17) is 5.73 Å². The molecule has 4 rings (SSSR count). The molecule has 0 bridgehead atoms. The Morgan fingerprint density at radius 1 is 0.926 bits per heavy atom. The molecule has 0 unspecified atom stereocenters. The first-order valence-electron chi connectivity index (χ1n) is 9.64. The number of carbonyl (C=O) groups is 2. The zero-order chi connectivity index (χ0) is 18.8. The summed E-state index contributed by atoms with van der Waals surface area (Å²) < 4.78 is 0. The van der Waals surface area contributed by atoms with Gasteiger partial charge < -0.3 is 5.73 Å². The molecule has 2 N–H and O–H groups in total. The molecule has 5 heteroatoms. The maximum Gasteiger partial charge on any atom is 0.263 e. The van der Waals surface area contributed by atoms with Crippen molar-refractivity contribution in [2.75, 3.05) is 25.4 Å². The van der Waals surface area contributed by atoms with Crippen molar-refractivity contribution < 1.29 is 9.59 Å². The lowest BCUT2D eigenvalue weighted by Gasteiger charge is -2.32. The zero-order valence-electron chi connectivity index (χ0n) is 15.4. The molecule has 2 aromatic rings. The van der Waals surface area contributed by atoms with Crippen molar-refractivity contribution in [1.29, 1.82) is 0 Å². The number of carbonyl (C=O) groups excluding carboxylic acids is 2. The van der Waals surface area contributed by atoms with Gasteiger partial charge in [-0.25, -0.2) is 0 Å². The van der Waals surface area contributed by atoms with E-state index in [1.807, 2.05) is 6.07 Å². The Hall–Kier alpha value is -2.66. The highest BCUT2D eigenvalue weighted by Crippen LogP contribution is 2.29. The van der Waals surface area contributed by atoms with Crippen molar-refractivity contribution in [1.82, 2.24) is 9.80 Å². The van der Waals surface area contributed by atoms with Gasteiger partial charge in [-0.1, -0.05) is 36.4 Å². The van der Waals surface area contributed by atoms with Gasteiger partial charge in [-0.3, -0.25) is 19.4 Å². The van der Waals surface area contributed by atoms with Crippen LogP contribution in [0.4, 0.5) is 5.69 Å². The Morgan fingerprint density at radius 2 is 1.67 bits per heavy atom. The number of nitrogen functional groups attached to an aromatic ring is 1. The number of nitrogens with two attached hydrogens (primary N) is 1. The second kappa shape index (κ2) is 7.53. The molecule has 2 amide bonds. The Morgan fingerprint density at radius 3 is 2.37 bits per heavy atom. The molecular formula is C22H25N3O2. The molecule has 2 aliphatic rings. The molecule has 27 heavy (non-hydrogen) atoms. The molecule has 5 nitrogen and oxygen atoms in total. The van der Waals surface area contributed by atoms with Crippen LogP contribution >= 0.6 is 0 Å². The van der Waals surface area contributed by atoms with Crippen molar-refractivity contribution in [3.63, 3.8) is 0 Å². The standard InChI is InChI=1S/C22H25N3O2/c23-19-8-4-7-18-20(19)22(27)25(21(18)26)14-11-16-9-12-24(13-10-16)15-17-5-2-1-3-6-17/h1-8,16H,9-15,23H2. The summed E-state index contributed by atoms with van der Waals surface area (Å²) in [6.07, 6.45) is 3.08. The third-order valence-electron chi connectivity index (χ3n) is 5.75. The lowest BCUT2D eigenvalue weighted by molar-refractivity contribution is 0.0636. The summed E-state index contributed by atoms with van der Waals surface area (Å²) in [6.45, 7) is 3.60. The van der Waals surface area contributed by atoms with E-state index in [0.717, 1.165) is 38.9 Å². The average molecular weight is 363 g/mol. The highest BCUT2D eigenvalue weighted by atomic mass is 16.2. The fourth-order valence-corrected chi connectivity index (χ4v) is 4.15. The molecule has 2 aromatic carbocycles. The number of hydrogen-bond donors (Lipinski definition) is 1. The number of nitrogens with zero attached hydrogens (tertiary/aromatic N) is 2. The molecule has 1 fully saturated rings. The number of anilines is 1. The van der Waals surface area contributed by atoms with Crippen LogP contribution in [0.1, 0.15) is 45.5 Å². The Balaban J connectivity index is 1.29. The van der Waals surface area contributed by atoms with Gasteiger partial charge in [-0.2, -0.15) is 0 Å². The van der Waals surface area contributed by atoms with Gasteiger partial charge in [0.1, 0.15) is 0 Å². The van der Waals surface area contributed by atoms with Crippen molar-refractivity contribution in [2.24, 2.45) is 5.92 Å². The van der Waals surface area contributed by atoms with Gasteiger partial charge in [-0.05, 0) is 56.0 Å². The number of imide groups is 1. The van der Waals surface area contributed by atoms with Crippen molar-refractivity contribution >= 4 is 17.5 Å². The van der Waals surface area contributed by atoms with E-state index < -0.39 is 0 Å². The highest BCUT2D eigenvalue weighted by Gasteiger charge is 2.37. The first kappa shape index (κ1) is 17.7. The Bertz CT molecular complexity index is 842. The van der Waals surface area contributed by atoms with Gasteiger partial charge in [0.2, 0.25) is 0 Å². The van der Waals surface area contributed by atoms with E-state index >= 15 is 0 Å². The lowest BCUT2D eigenvalue weighted by atomic mass is 9.93. The highest BCUT2D eigenvalue weighted by molar-refractivity contribution is 6.23. The summed E-state index contributed by atoms with van der Waals surface area (Å²) in [7, 11) is 0. The normalized spacial score (nSPS) is 18.1. The van der Waals surface area contributed by atoms with Gasteiger partial charge in [0.15, 0.2) is 0 Å². The van der Waals surface area contributed by atoms with Crippen LogP contribution < -0.4 is 5.73 Å². The second-order valence-electron chi connectivity index (χ2n) is 7.53. The van der Waals surface area contributed by atoms with Crippen LogP contribution in [0.3, 0.4) is 0 Å². The average Bonchev–Trinajstić information content (AvgIpc) is 2.93. The van der Waals surface area contributed by atoms with Gasteiger partial charge >= 0.3 is 0 Å². The topological polar surface area (TPSA) is 66.6 Å². The molecule has 0 saturated carbocycles. The minimum atomic E-state index is -0.241. The molecule has 0 aromatic heterocycles. The molecule has 0 atom stereocenters. The summed E-state index contributed by atoms with van der Waals surface area (Å²) in [6, 6.07) is 15.6. The number of hydrogen-bond acceptors (Lipinski definition) is 4. The van der Waals surface area contributed by atoms with Crippen LogP contribution in [-0.4, -0.2) is 41.2 Å². The SMILES string of the molecule is Nc1cccc2c1C(=O)N(CCC1CCN(Cc3ccccc3)CC1)C2=O. The zero-order valence-corrected chi connectivity index (χ0v) is 15.4. The maximum absolute atomic E-state index is 12.6. The van der Waals surface area contributed by atoms with Crippen molar-refractivity contribution in [3.8, 4) is 0 Å². The molecular weight excluding hydrogens is 338 g/mol. The fourth-order valence-electron chi connectivity index (χ4n) is 4.15. The van der Waals surface area contributed by atoms with Gasteiger partial charge in [0, 0.05) is 18.8 Å². The van der Waals surface area contributed by atoms with Crippen LogP contribution in [-0.2, 0) is 6.54 Å². The quantitative estimate of drug-likeness (QED) is 0.654. The van der Waals surface area contributed by atoms with Crippen LogP contribution in [0.2, 0.25) is 0 Å². The number of benzene rings is 2. The molecule has 0 aliphatic carbocycles. The third kappa shape index (κ3) is 3.60. The molecule has 0 spiro atoms. The molecule has 2 heterocycles. The fraction of sp³-hybridized carbons (Fsp3) is 0.364. The largest absolute Gasteiger partial charge is 0.398 e. The summed E-state index contributed by atoms with van der Waals surface area (Å²) in [5.74, 6) is 0.108. The number of rotatable bonds is 5. The van der Waals surface area contributed by atoms with Crippen molar-refractivity contribution in [3.05, 3.63) is 65.2 Å². The maximum atomic E-state index is 12.6. The van der Waals surface area contributed by atoms with Crippen molar-refractivity contribution in [2.45, 2.75) is 25.8 Å². The summed E-state index contributed by atoms with van der Waals surface area (Å²) in [5, 5.41) is 0. The van der Waals surface area contributed by atoms with E-state index in [2.05, 4.69) is 29.2 Å². The predicted molar refractivity (Wildman–Crippen MR) is 105 cm³/mol. The van der Waals surface area contributed by atoms with E-state index in [0.29, 0.717) is 29.3 Å². The number of fused-ring (bicyclic) bond motifs is 1. The minimum absolute atomic E-state index is 0.205. The monoisotopic (exact) mass is 363 g/mol. The summed E-state index contributed by atoms with van der Waals surface area (Å²) >= 11 is 0. The van der Waals surface area contributed by atoms with E-state index in [1.165, 1.54) is 10.5 Å². The number of piperidine rings is 1. The van der Waals surface area contributed by atoms with E-state index in [1.54, 1.807) is 18.2 Å². The first-order valence-corrected chi connectivity index (χ1v) is 9.64. The van der Waals surface area contributed by atoms with E-state index in [-0.39, 0.29) is 11.8 Å². The lowest BCUT2D eigenvalue weighted by Crippen LogP contribution is -2.36. The van der Waals surface area contributed by atoms with Gasteiger partial charge in [0.05, 0.1) is 11.1 Å². The molecule has 1 saturated heterocycles. The summed E-state index contributed by atoms with van der Waals surface area (Å²) in [4.78, 5) is 29.0. The number of likely N-dealkylation sites (tertiary alicyclic amines) is 1. The molecule has 140 valence electrons.